The molecule has 0 aliphatic carbocycles. The summed E-state index contributed by atoms with van der Waals surface area (Å²) in [5, 5.41) is 0. The number of hydrogen-bond acceptors (Lipinski definition) is 0. The van der Waals surface area contributed by atoms with Crippen LogP contribution in [0.4, 0.5) is 0 Å². The fourth-order valence-corrected chi connectivity index (χ4v) is 6.20. The average molecular weight is 523 g/mol. The molecular weight excluding hydrogens is 480 g/mol. The van der Waals surface area contributed by atoms with Crippen molar-refractivity contribution < 1.29 is 0 Å². The van der Waals surface area contributed by atoms with Gasteiger partial charge in [0.1, 0.15) is 0 Å². The number of hydrogen-bond donors (Lipinski definition) is 0. The molecule has 0 radical (unpaired) electrons. The van der Waals surface area contributed by atoms with E-state index >= 15 is 0 Å². The normalized spacial score (nSPS) is 11.2. The van der Waals surface area contributed by atoms with Crippen LogP contribution in [0.25, 0.3) is 44.5 Å². The highest BCUT2D eigenvalue weighted by Crippen LogP contribution is 2.48. The van der Waals surface area contributed by atoms with Crippen molar-refractivity contribution in [2.24, 2.45) is 0 Å². The summed E-state index contributed by atoms with van der Waals surface area (Å²) < 4.78 is 0. The van der Waals surface area contributed by atoms with Crippen LogP contribution in [0.3, 0.4) is 0 Å². The molecule has 0 bridgehead atoms. The Morgan fingerprint density at radius 2 is 0.750 bits per heavy atom. The fourth-order valence-electron chi connectivity index (χ4n) is 6.20. The van der Waals surface area contributed by atoms with Gasteiger partial charge in [0.25, 0.3) is 0 Å². The first-order valence-electron chi connectivity index (χ1n) is 14.5. The average Bonchev–Trinajstić information content (AvgIpc) is 2.96. The Balaban J connectivity index is 2.02. The third-order valence-electron chi connectivity index (χ3n) is 9.71. The smallest absolute Gasteiger partial charge is 0.00177 e. The minimum absolute atomic E-state index is 1.25. The van der Waals surface area contributed by atoms with Crippen molar-refractivity contribution in [1.29, 1.82) is 0 Å². The van der Waals surface area contributed by atoms with Crippen LogP contribution in [-0.2, 0) is 0 Å². The molecule has 0 aromatic heterocycles. The Bertz CT molecular complexity index is 1760. The molecule has 0 amide bonds. The van der Waals surface area contributed by atoms with Gasteiger partial charge in [-0.15, -0.1) is 0 Å². The first kappa shape index (κ1) is 27.7. The lowest BCUT2D eigenvalue weighted by atomic mass is 9.78. The van der Waals surface area contributed by atoms with E-state index in [2.05, 4.69) is 142 Å². The van der Waals surface area contributed by atoms with Gasteiger partial charge in [-0.25, -0.2) is 0 Å². The van der Waals surface area contributed by atoms with Crippen LogP contribution in [0.2, 0.25) is 0 Å². The van der Waals surface area contributed by atoms with Crippen molar-refractivity contribution in [2.45, 2.75) is 69.2 Å². The minimum atomic E-state index is 1.25. The van der Waals surface area contributed by atoms with Gasteiger partial charge in [0.2, 0.25) is 0 Å². The van der Waals surface area contributed by atoms with Crippen molar-refractivity contribution >= 4 is 0 Å². The van der Waals surface area contributed by atoms with E-state index in [0.717, 1.165) is 0 Å². The maximum absolute atomic E-state index is 2.40. The summed E-state index contributed by atoms with van der Waals surface area (Å²) in [4.78, 5) is 0. The van der Waals surface area contributed by atoms with Crippen molar-refractivity contribution in [1.82, 2.24) is 0 Å². The predicted molar refractivity (Wildman–Crippen MR) is 176 cm³/mol. The van der Waals surface area contributed by atoms with Gasteiger partial charge in [-0.1, -0.05) is 72.8 Å². The third kappa shape index (κ3) is 4.50. The van der Waals surface area contributed by atoms with Crippen LogP contribution in [0.1, 0.15) is 55.6 Å². The lowest BCUT2D eigenvalue weighted by Gasteiger charge is -2.25. The van der Waals surface area contributed by atoms with Crippen molar-refractivity contribution in [3.63, 3.8) is 0 Å². The van der Waals surface area contributed by atoms with E-state index in [0.29, 0.717) is 0 Å². The maximum atomic E-state index is 2.40. The molecule has 0 spiro atoms. The summed E-state index contributed by atoms with van der Waals surface area (Å²) in [5.41, 5.74) is 24.0. The van der Waals surface area contributed by atoms with Crippen molar-refractivity contribution in [2.75, 3.05) is 0 Å². The minimum Gasteiger partial charge on any atom is -0.0622 e. The highest BCUT2D eigenvalue weighted by molar-refractivity contribution is 6.03. The third-order valence-corrected chi connectivity index (χ3v) is 9.71. The van der Waals surface area contributed by atoms with E-state index in [1.807, 2.05) is 0 Å². The molecule has 0 fully saturated rings. The first-order chi connectivity index (χ1) is 19.0. The van der Waals surface area contributed by atoms with Gasteiger partial charge in [-0.3, -0.25) is 0 Å². The van der Waals surface area contributed by atoms with Gasteiger partial charge >= 0.3 is 0 Å². The lowest BCUT2D eigenvalue weighted by Crippen LogP contribution is -2.01. The molecule has 0 aliphatic rings. The van der Waals surface area contributed by atoms with E-state index in [1.165, 1.54) is 100 Å². The Kier molecular flexibility index (Phi) is 7.32. The molecule has 0 N–H and O–H groups in total. The molecule has 0 saturated heterocycles. The second-order valence-corrected chi connectivity index (χ2v) is 11.8. The van der Waals surface area contributed by atoms with E-state index in [-0.39, 0.29) is 0 Å². The summed E-state index contributed by atoms with van der Waals surface area (Å²) >= 11 is 0. The van der Waals surface area contributed by atoms with Crippen LogP contribution in [0.15, 0.2) is 72.8 Å². The molecular formula is C40H42. The Morgan fingerprint density at radius 3 is 1.35 bits per heavy atom. The summed E-state index contributed by atoms with van der Waals surface area (Å²) in [6, 6.07) is 27.4. The second kappa shape index (κ2) is 10.6. The maximum Gasteiger partial charge on any atom is -0.00177 e. The zero-order chi connectivity index (χ0) is 28.9. The molecule has 5 rings (SSSR count). The molecule has 5 aromatic carbocycles. The SMILES string of the molecule is Cc1ccc(-c2ccc(-c3cc(C)c(C)c(C)c3C)c(-c3ccccc3)c2-c2ccc(C)c(C)c2C)c(C)c1C. The highest BCUT2D eigenvalue weighted by atomic mass is 14.3. The molecule has 5 aromatic rings. The quantitative estimate of drug-likeness (QED) is 0.220. The molecule has 0 aliphatic heterocycles. The van der Waals surface area contributed by atoms with E-state index in [9.17, 15) is 0 Å². The highest BCUT2D eigenvalue weighted by Gasteiger charge is 2.23. The summed E-state index contributed by atoms with van der Waals surface area (Å²) in [5.74, 6) is 0. The number of rotatable bonds is 4. The second-order valence-electron chi connectivity index (χ2n) is 11.8. The lowest BCUT2D eigenvalue weighted by molar-refractivity contribution is 1.22. The Labute approximate surface area is 241 Å². The van der Waals surface area contributed by atoms with Gasteiger partial charge in [0.05, 0.1) is 0 Å². The molecule has 0 heterocycles. The van der Waals surface area contributed by atoms with Crippen molar-refractivity contribution in [3.05, 3.63) is 128 Å². The number of benzene rings is 5. The van der Waals surface area contributed by atoms with Crippen LogP contribution >= 0.6 is 0 Å². The Morgan fingerprint density at radius 1 is 0.300 bits per heavy atom. The zero-order valence-corrected chi connectivity index (χ0v) is 25.9. The zero-order valence-electron chi connectivity index (χ0n) is 25.9. The molecule has 0 atom stereocenters. The first-order valence-corrected chi connectivity index (χ1v) is 14.5. The molecule has 0 heteroatoms. The Hall–Kier alpha value is -3.90. The summed E-state index contributed by atoms with van der Waals surface area (Å²) in [6.07, 6.45) is 0. The van der Waals surface area contributed by atoms with Gasteiger partial charge in [0.15, 0.2) is 0 Å². The molecule has 0 nitrogen and oxygen atoms in total. The largest absolute Gasteiger partial charge is 0.0622 e. The van der Waals surface area contributed by atoms with Crippen LogP contribution in [0, 0.1) is 69.2 Å². The van der Waals surface area contributed by atoms with Crippen molar-refractivity contribution in [3.8, 4) is 44.5 Å². The van der Waals surface area contributed by atoms with Gasteiger partial charge in [-0.2, -0.15) is 0 Å². The molecule has 202 valence electrons. The van der Waals surface area contributed by atoms with Gasteiger partial charge in [-0.05, 0) is 169 Å². The number of aryl methyl sites for hydroxylation is 3. The summed E-state index contributed by atoms with van der Waals surface area (Å²) in [6.45, 7) is 22.6. The van der Waals surface area contributed by atoms with Crippen LogP contribution in [0.5, 0.6) is 0 Å². The van der Waals surface area contributed by atoms with Crippen LogP contribution in [-0.4, -0.2) is 0 Å². The van der Waals surface area contributed by atoms with Gasteiger partial charge in [0, 0.05) is 0 Å². The molecule has 0 unspecified atom stereocenters. The van der Waals surface area contributed by atoms with E-state index < -0.39 is 0 Å². The standard InChI is InChI=1S/C40H42/c1-23-16-18-34(30(8)26(23)4)36-20-21-37(38-22-25(3)28(6)29(7)32(38)10)39(33-14-12-11-13-15-33)40(36)35-19-17-24(2)27(5)31(35)9/h11-22H,1-10H3. The van der Waals surface area contributed by atoms with E-state index in [4.69, 9.17) is 0 Å². The van der Waals surface area contributed by atoms with E-state index in [1.54, 1.807) is 0 Å². The molecule has 0 saturated carbocycles. The summed E-state index contributed by atoms with van der Waals surface area (Å²) in [7, 11) is 0. The monoisotopic (exact) mass is 522 g/mol. The van der Waals surface area contributed by atoms with Gasteiger partial charge < -0.3 is 0 Å². The predicted octanol–water partition coefficient (Wildman–Crippen LogP) is 11.4. The van der Waals surface area contributed by atoms with Crippen LogP contribution < -0.4 is 0 Å². The topological polar surface area (TPSA) is 0 Å². The fraction of sp³-hybridized carbons (Fsp3) is 0.250. The molecule has 40 heavy (non-hydrogen) atoms.